The van der Waals surface area contributed by atoms with E-state index < -0.39 is 0 Å². The van der Waals surface area contributed by atoms with Crippen molar-refractivity contribution >= 4 is 0 Å². The predicted molar refractivity (Wildman–Crippen MR) is 66.9 cm³/mol. The molecule has 0 unspecified atom stereocenters. The topological polar surface area (TPSA) is 12.0 Å². The number of benzene rings is 1. The maximum absolute atomic E-state index is 13.0. The molecule has 1 aromatic rings. The first-order valence-corrected chi connectivity index (χ1v) is 5.90. The lowest BCUT2D eigenvalue weighted by Crippen LogP contribution is -2.28. The lowest BCUT2D eigenvalue weighted by molar-refractivity contribution is 0.327. The average Bonchev–Trinajstić information content (AvgIpc) is 2.23. The monoisotopic (exact) mass is 223 g/mol. The number of halogens is 1. The molecule has 0 aliphatic rings. The van der Waals surface area contributed by atoms with Crippen LogP contribution in [0.25, 0.3) is 0 Å². The number of rotatable bonds is 5. The van der Waals surface area contributed by atoms with E-state index in [1.165, 1.54) is 6.07 Å². The van der Waals surface area contributed by atoms with Gasteiger partial charge in [0.2, 0.25) is 0 Å². The zero-order valence-corrected chi connectivity index (χ0v) is 10.7. The second kappa shape index (κ2) is 5.44. The molecule has 0 aliphatic carbocycles. The van der Waals surface area contributed by atoms with Gasteiger partial charge in [0.1, 0.15) is 5.82 Å². The van der Waals surface area contributed by atoms with Gasteiger partial charge >= 0.3 is 0 Å². The Kier molecular flexibility index (Phi) is 4.48. The highest BCUT2D eigenvalue weighted by molar-refractivity contribution is 5.26. The largest absolute Gasteiger partial charge is 0.312 e. The second-order valence-corrected chi connectivity index (χ2v) is 5.19. The van der Waals surface area contributed by atoms with Gasteiger partial charge < -0.3 is 5.32 Å². The third-order valence-corrected chi connectivity index (χ3v) is 3.19. The van der Waals surface area contributed by atoms with Crippen molar-refractivity contribution in [2.24, 2.45) is 5.41 Å². The van der Waals surface area contributed by atoms with Crippen molar-refractivity contribution in [2.75, 3.05) is 6.54 Å². The van der Waals surface area contributed by atoms with Gasteiger partial charge in [-0.15, -0.1) is 0 Å². The lowest BCUT2D eigenvalue weighted by Gasteiger charge is -2.23. The van der Waals surface area contributed by atoms with Crippen molar-refractivity contribution in [3.63, 3.8) is 0 Å². The molecule has 1 rings (SSSR count). The number of aryl methyl sites for hydroxylation is 1. The average molecular weight is 223 g/mol. The Balaban J connectivity index is 2.52. The maximum Gasteiger partial charge on any atom is 0.123 e. The molecule has 2 heteroatoms. The summed E-state index contributed by atoms with van der Waals surface area (Å²) in [5.41, 5.74) is 2.50. The fourth-order valence-corrected chi connectivity index (χ4v) is 1.49. The van der Waals surface area contributed by atoms with E-state index in [-0.39, 0.29) is 5.82 Å². The van der Waals surface area contributed by atoms with Crippen molar-refractivity contribution in [3.05, 3.63) is 35.1 Å². The number of hydrogen-bond donors (Lipinski definition) is 1. The molecule has 0 atom stereocenters. The first-order chi connectivity index (χ1) is 7.44. The van der Waals surface area contributed by atoms with Crippen molar-refractivity contribution in [3.8, 4) is 0 Å². The molecule has 0 radical (unpaired) electrons. The predicted octanol–water partition coefficient (Wildman–Crippen LogP) is 3.66. The molecule has 0 heterocycles. The first-order valence-electron chi connectivity index (χ1n) is 5.90. The van der Waals surface area contributed by atoms with Crippen LogP contribution in [0.5, 0.6) is 0 Å². The summed E-state index contributed by atoms with van der Waals surface area (Å²) in [4.78, 5) is 0. The van der Waals surface area contributed by atoms with Crippen LogP contribution in [0.3, 0.4) is 0 Å². The van der Waals surface area contributed by atoms with E-state index in [2.05, 4.69) is 26.1 Å². The highest BCUT2D eigenvalue weighted by Crippen LogP contribution is 2.18. The Labute approximate surface area is 98.1 Å². The molecule has 0 aromatic heterocycles. The molecule has 0 spiro atoms. The minimum absolute atomic E-state index is 0.155. The van der Waals surface area contributed by atoms with E-state index in [4.69, 9.17) is 0 Å². The summed E-state index contributed by atoms with van der Waals surface area (Å²) in [6, 6.07) is 4.95. The van der Waals surface area contributed by atoms with Gasteiger partial charge in [0.25, 0.3) is 0 Å². The molecule has 0 aliphatic heterocycles. The molecule has 1 N–H and O–H groups in total. The fraction of sp³-hybridized carbons (Fsp3) is 0.571. The van der Waals surface area contributed by atoms with Crippen molar-refractivity contribution < 1.29 is 4.39 Å². The highest BCUT2D eigenvalue weighted by atomic mass is 19.1. The summed E-state index contributed by atoms with van der Waals surface area (Å²) in [6.07, 6.45) is 1.14. The van der Waals surface area contributed by atoms with Crippen LogP contribution in [0.15, 0.2) is 18.2 Å². The number of hydrogen-bond acceptors (Lipinski definition) is 1. The lowest BCUT2D eigenvalue weighted by atomic mass is 9.90. The van der Waals surface area contributed by atoms with Crippen LogP contribution in [0, 0.1) is 18.2 Å². The van der Waals surface area contributed by atoms with Crippen LogP contribution in [0.1, 0.15) is 38.3 Å². The van der Waals surface area contributed by atoms with Crippen molar-refractivity contribution in [1.29, 1.82) is 0 Å². The Hall–Kier alpha value is -0.890. The van der Waals surface area contributed by atoms with Gasteiger partial charge in [0, 0.05) is 13.1 Å². The summed E-state index contributed by atoms with van der Waals surface area (Å²) < 4.78 is 13.0. The van der Waals surface area contributed by atoms with Crippen LogP contribution >= 0.6 is 0 Å². The Bertz CT molecular complexity index is 345. The standard InChI is InChI=1S/C14H22FN/c1-5-14(3,4)10-16-9-12-8-13(15)7-6-11(12)2/h6-8,16H,5,9-10H2,1-4H3. The minimum atomic E-state index is -0.155. The minimum Gasteiger partial charge on any atom is -0.312 e. The molecule has 0 saturated carbocycles. The van der Waals surface area contributed by atoms with Crippen molar-refractivity contribution in [1.82, 2.24) is 5.32 Å². The van der Waals surface area contributed by atoms with Crippen LogP contribution in [0.2, 0.25) is 0 Å². The van der Waals surface area contributed by atoms with Crippen LogP contribution in [-0.4, -0.2) is 6.54 Å². The quantitative estimate of drug-likeness (QED) is 0.803. The number of nitrogens with one attached hydrogen (secondary N) is 1. The summed E-state index contributed by atoms with van der Waals surface area (Å²) in [6.45, 7) is 10.4. The Morgan fingerprint density at radius 2 is 2.00 bits per heavy atom. The maximum atomic E-state index is 13.0. The molecular formula is C14H22FN. The third-order valence-electron chi connectivity index (χ3n) is 3.19. The molecule has 90 valence electrons. The normalized spacial score (nSPS) is 11.8. The van der Waals surface area contributed by atoms with E-state index in [1.807, 2.05) is 13.0 Å². The van der Waals surface area contributed by atoms with E-state index >= 15 is 0 Å². The Morgan fingerprint density at radius 3 is 2.62 bits per heavy atom. The van der Waals surface area contributed by atoms with Gasteiger partial charge in [-0.25, -0.2) is 4.39 Å². The zero-order chi connectivity index (χ0) is 12.2. The summed E-state index contributed by atoms with van der Waals surface area (Å²) in [7, 11) is 0. The van der Waals surface area contributed by atoms with Crippen molar-refractivity contribution in [2.45, 2.75) is 40.7 Å². The highest BCUT2D eigenvalue weighted by Gasteiger charge is 2.14. The fourth-order valence-electron chi connectivity index (χ4n) is 1.49. The van der Waals surface area contributed by atoms with E-state index in [9.17, 15) is 4.39 Å². The smallest absolute Gasteiger partial charge is 0.123 e. The Morgan fingerprint density at radius 1 is 1.31 bits per heavy atom. The SMILES string of the molecule is CCC(C)(C)CNCc1cc(F)ccc1C. The molecule has 0 saturated heterocycles. The van der Waals surface area contributed by atoms with E-state index in [1.54, 1.807) is 6.07 Å². The van der Waals surface area contributed by atoms with Gasteiger partial charge in [-0.05, 0) is 42.0 Å². The summed E-state index contributed by atoms with van der Waals surface area (Å²) in [5, 5.41) is 3.39. The molecular weight excluding hydrogens is 201 g/mol. The molecule has 16 heavy (non-hydrogen) atoms. The summed E-state index contributed by atoms with van der Waals surface area (Å²) >= 11 is 0. The zero-order valence-electron chi connectivity index (χ0n) is 10.7. The van der Waals surface area contributed by atoms with Crippen LogP contribution in [0.4, 0.5) is 4.39 Å². The van der Waals surface area contributed by atoms with E-state index in [0.29, 0.717) is 5.41 Å². The molecule has 0 bridgehead atoms. The summed E-state index contributed by atoms with van der Waals surface area (Å²) in [5.74, 6) is -0.155. The third kappa shape index (κ3) is 3.93. The molecule has 0 amide bonds. The van der Waals surface area contributed by atoms with Gasteiger partial charge in [-0.1, -0.05) is 26.8 Å². The van der Waals surface area contributed by atoms with Crippen LogP contribution in [-0.2, 0) is 6.54 Å². The second-order valence-electron chi connectivity index (χ2n) is 5.19. The van der Waals surface area contributed by atoms with Gasteiger partial charge in [-0.3, -0.25) is 0 Å². The molecule has 1 aromatic carbocycles. The molecule has 0 fully saturated rings. The van der Waals surface area contributed by atoms with E-state index in [0.717, 1.165) is 30.6 Å². The van der Waals surface area contributed by atoms with Crippen LogP contribution < -0.4 is 5.32 Å². The molecule has 1 nitrogen and oxygen atoms in total. The van der Waals surface area contributed by atoms with Gasteiger partial charge in [-0.2, -0.15) is 0 Å². The van der Waals surface area contributed by atoms with Gasteiger partial charge in [0.05, 0.1) is 0 Å². The van der Waals surface area contributed by atoms with Gasteiger partial charge in [0.15, 0.2) is 0 Å². The first kappa shape index (κ1) is 13.2.